The van der Waals surface area contributed by atoms with Crippen LogP contribution in [-0.4, -0.2) is 41.3 Å². The number of methoxy groups -OCH3 is 1. The van der Waals surface area contributed by atoms with Crippen LogP contribution >= 0.6 is 0 Å². The van der Waals surface area contributed by atoms with Gasteiger partial charge in [-0.15, -0.1) is 0 Å². The van der Waals surface area contributed by atoms with Crippen LogP contribution in [0.5, 0.6) is 5.75 Å². The van der Waals surface area contributed by atoms with Gasteiger partial charge >= 0.3 is 6.18 Å². The van der Waals surface area contributed by atoms with Crippen LogP contribution in [0.1, 0.15) is 29.6 Å². The molecule has 1 aromatic carbocycles. The van der Waals surface area contributed by atoms with Gasteiger partial charge in [0, 0.05) is 24.5 Å². The fourth-order valence-corrected chi connectivity index (χ4v) is 2.82. The van der Waals surface area contributed by atoms with Gasteiger partial charge < -0.3 is 9.47 Å². The third kappa shape index (κ3) is 3.87. The number of hydrogen-bond donors (Lipinski definition) is 0. The zero-order valence-corrected chi connectivity index (χ0v) is 13.2. The first kappa shape index (κ1) is 16.8. The third-order valence-electron chi connectivity index (χ3n) is 3.91. The number of halogens is 3. The molecule has 1 atom stereocenters. The molecule has 2 aromatic rings. The molecule has 0 spiro atoms. The monoisotopic (exact) mass is 341 g/mol. The van der Waals surface area contributed by atoms with Crippen molar-refractivity contribution in [2.75, 3.05) is 20.3 Å². The molecule has 3 rings (SSSR count). The summed E-state index contributed by atoms with van der Waals surface area (Å²) < 4.78 is 50.0. The van der Waals surface area contributed by atoms with Crippen LogP contribution in [0.3, 0.4) is 0 Å². The molecule has 1 aliphatic rings. The topological polar surface area (TPSA) is 49.2 Å². The van der Waals surface area contributed by atoms with E-state index in [2.05, 4.69) is 10.1 Å². The Morgan fingerprint density at radius 2 is 2.12 bits per heavy atom. The van der Waals surface area contributed by atoms with Gasteiger partial charge in [-0.1, -0.05) is 18.2 Å². The zero-order chi connectivity index (χ0) is 17.2. The van der Waals surface area contributed by atoms with Crippen molar-refractivity contribution in [3.63, 3.8) is 0 Å². The average molecular weight is 341 g/mol. The number of hydrogen-bond acceptors (Lipinski definition) is 4. The van der Waals surface area contributed by atoms with Crippen LogP contribution in [0.4, 0.5) is 13.2 Å². The Hall–Kier alpha value is -2.09. The van der Waals surface area contributed by atoms with E-state index < -0.39 is 12.7 Å². The van der Waals surface area contributed by atoms with Crippen LogP contribution in [0.2, 0.25) is 0 Å². The zero-order valence-electron chi connectivity index (χ0n) is 13.2. The van der Waals surface area contributed by atoms with Gasteiger partial charge in [-0.2, -0.15) is 18.3 Å². The summed E-state index contributed by atoms with van der Waals surface area (Å²) >= 11 is 0. The predicted octanol–water partition coefficient (Wildman–Crippen LogP) is 2.94. The molecule has 0 bridgehead atoms. The summed E-state index contributed by atoms with van der Waals surface area (Å²) in [5.41, 5.74) is 0.832. The Morgan fingerprint density at radius 3 is 2.79 bits per heavy atom. The van der Waals surface area contributed by atoms with E-state index in [9.17, 15) is 13.2 Å². The second kappa shape index (κ2) is 6.80. The Bertz CT molecular complexity index is 694. The number of alkyl halides is 3. The highest BCUT2D eigenvalue weighted by Crippen LogP contribution is 2.27. The number of para-hydroxylation sites is 1. The molecule has 0 saturated carbocycles. The van der Waals surface area contributed by atoms with E-state index in [1.54, 1.807) is 13.2 Å². The maximum Gasteiger partial charge on any atom is 0.408 e. The molecule has 0 radical (unpaired) electrons. The van der Waals surface area contributed by atoms with E-state index >= 15 is 0 Å². The van der Waals surface area contributed by atoms with E-state index in [0.29, 0.717) is 43.5 Å². The minimum Gasteiger partial charge on any atom is -0.496 e. The van der Waals surface area contributed by atoms with Crippen molar-refractivity contribution in [3.05, 3.63) is 41.5 Å². The fraction of sp³-hybridized carbons (Fsp3) is 0.500. The highest BCUT2D eigenvalue weighted by Gasteiger charge is 2.33. The first-order valence-corrected chi connectivity index (χ1v) is 7.66. The van der Waals surface area contributed by atoms with Gasteiger partial charge in [0.15, 0.2) is 5.82 Å². The fourth-order valence-electron chi connectivity index (χ4n) is 2.82. The van der Waals surface area contributed by atoms with Crippen LogP contribution in [0, 0.1) is 0 Å². The number of aromatic nitrogens is 3. The van der Waals surface area contributed by atoms with Gasteiger partial charge in [0.25, 0.3) is 0 Å². The maximum absolute atomic E-state index is 12.8. The highest BCUT2D eigenvalue weighted by atomic mass is 19.4. The van der Waals surface area contributed by atoms with E-state index in [1.165, 1.54) is 0 Å². The Kier molecular flexibility index (Phi) is 4.75. The SMILES string of the molecule is COc1ccccc1Cc1nc([C@@H]2CCOC2)n(CC(F)(F)F)n1. The van der Waals surface area contributed by atoms with Gasteiger partial charge in [0.05, 0.1) is 13.7 Å². The first-order valence-electron chi connectivity index (χ1n) is 7.66. The molecule has 0 unspecified atom stereocenters. The minimum absolute atomic E-state index is 0.147. The van der Waals surface area contributed by atoms with Gasteiger partial charge in [0.2, 0.25) is 0 Å². The lowest BCUT2D eigenvalue weighted by atomic mass is 10.1. The molecule has 0 aliphatic carbocycles. The van der Waals surface area contributed by atoms with E-state index in [4.69, 9.17) is 9.47 Å². The second-order valence-electron chi connectivity index (χ2n) is 5.71. The van der Waals surface area contributed by atoms with Crippen molar-refractivity contribution in [1.82, 2.24) is 14.8 Å². The number of nitrogens with zero attached hydrogens (tertiary/aromatic N) is 3. The summed E-state index contributed by atoms with van der Waals surface area (Å²) in [7, 11) is 1.55. The van der Waals surface area contributed by atoms with Gasteiger partial charge in [-0.25, -0.2) is 9.67 Å². The molecule has 1 saturated heterocycles. The molecule has 0 N–H and O–H groups in total. The van der Waals surface area contributed by atoms with Gasteiger partial charge in [0.1, 0.15) is 18.1 Å². The second-order valence-corrected chi connectivity index (χ2v) is 5.71. The minimum atomic E-state index is -4.34. The molecule has 1 fully saturated rings. The Balaban J connectivity index is 1.89. The van der Waals surface area contributed by atoms with Crippen LogP contribution in [-0.2, 0) is 17.7 Å². The van der Waals surface area contributed by atoms with Crippen molar-refractivity contribution in [2.45, 2.75) is 31.5 Å². The summed E-state index contributed by atoms with van der Waals surface area (Å²) in [6.45, 7) is -0.228. The summed E-state index contributed by atoms with van der Waals surface area (Å²) in [6, 6.07) is 7.32. The van der Waals surface area contributed by atoms with Gasteiger partial charge in [-0.05, 0) is 12.5 Å². The van der Waals surface area contributed by atoms with Crippen LogP contribution < -0.4 is 4.74 Å². The van der Waals surface area contributed by atoms with Crippen molar-refractivity contribution in [3.8, 4) is 5.75 Å². The standard InChI is InChI=1S/C16H18F3N3O2/c1-23-13-5-3-2-4-11(13)8-14-20-15(12-6-7-24-9-12)22(21-14)10-16(17,18)19/h2-5,12H,6-10H2,1H3/t12-/m1/s1. The Morgan fingerprint density at radius 1 is 1.33 bits per heavy atom. The summed E-state index contributed by atoms with van der Waals surface area (Å²) in [5.74, 6) is 1.21. The predicted molar refractivity (Wildman–Crippen MR) is 80.1 cm³/mol. The molecule has 5 nitrogen and oxygen atoms in total. The van der Waals surface area contributed by atoms with E-state index in [1.807, 2.05) is 18.2 Å². The molecule has 8 heteroatoms. The molecule has 2 heterocycles. The lowest BCUT2D eigenvalue weighted by Crippen LogP contribution is -2.22. The highest BCUT2D eigenvalue weighted by molar-refractivity contribution is 5.35. The maximum atomic E-state index is 12.8. The van der Waals surface area contributed by atoms with Crippen molar-refractivity contribution in [2.24, 2.45) is 0 Å². The van der Waals surface area contributed by atoms with Gasteiger partial charge in [-0.3, -0.25) is 0 Å². The summed E-state index contributed by atoms with van der Waals surface area (Å²) in [4.78, 5) is 4.36. The van der Waals surface area contributed by atoms with E-state index in [0.717, 1.165) is 10.2 Å². The largest absolute Gasteiger partial charge is 0.496 e. The molecule has 130 valence electrons. The third-order valence-corrected chi connectivity index (χ3v) is 3.91. The molecule has 24 heavy (non-hydrogen) atoms. The lowest BCUT2D eigenvalue weighted by molar-refractivity contribution is -0.143. The smallest absolute Gasteiger partial charge is 0.408 e. The number of rotatable bonds is 5. The number of ether oxygens (including phenoxy) is 2. The van der Waals surface area contributed by atoms with Crippen molar-refractivity contribution < 1.29 is 22.6 Å². The molecular formula is C16H18F3N3O2. The number of benzene rings is 1. The van der Waals surface area contributed by atoms with Crippen LogP contribution in [0.15, 0.2) is 24.3 Å². The quantitative estimate of drug-likeness (QED) is 0.839. The summed E-state index contributed by atoms with van der Waals surface area (Å²) in [6.07, 6.45) is -3.37. The Labute approximate surface area is 137 Å². The molecule has 0 amide bonds. The average Bonchev–Trinajstić information content (AvgIpc) is 3.16. The first-order chi connectivity index (χ1) is 11.5. The van der Waals surface area contributed by atoms with E-state index in [-0.39, 0.29) is 5.92 Å². The molecule has 1 aliphatic heterocycles. The summed E-state index contributed by atoms with van der Waals surface area (Å²) in [5, 5.41) is 4.09. The normalized spacial score (nSPS) is 18.1. The van der Waals surface area contributed by atoms with Crippen LogP contribution in [0.25, 0.3) is 0 Å². The molecule has 1 aromatic heterocycles. The van der Waals surface area contributed by atoms with Crippen molar-refractivity contribution in [1.29, 1.82) is 0 Å². The van der Waals surface area contributed by atoms with Crippen molar-refractivity contribution >= 4 is 0 Å². The molecular weight excluding hydrogens is 323 g/mol. The lowest BCUT2D eigenvalue weighted by Gasteiger charge is -2.11.